The number of carbonyl (C=O) groups excluding carboxylic acids is 2. The second kappa shape index (κ2) is 6.41. The van der Waals surface area contributed by atoms with E-state index in [1.165, 1.54) is 6.92 Å². The van der Waals surface area contributed by atoms with Crippen molar-refractivity contribution in [2.45, 2.75) is 19.1 Å². The number of nitrogens with two attached hydrogens (primary N) is 1. The van der Waals surface area contributed by atoms with Gasteiger partial charge in [0.05, 0.1) is 0 Å². The molecule has 0 bridgehead atoms. The Morgan fingerprint density at radius 2 is 1.59 bits per heavy atom. The summed E-state index contributed by atoms with van der Waals surface area (Å²) < 4.78 is 0. The molecule has 0 fully saturated rings. The lowest BCUT2D eigenvalue weighted by Gasteiger charge is -2.25. The lowest BCUT2D eigenvalue weighted by molar-refractivity contribution is -0.133. The van der Waals surface area contributed by atoms with Crippen LogP contribution in [0.4, 0.5) is 0 Å². The minimum Gasteiger partial charge on any atom is -0.372 e. The molecule has 22 heavy (non-hydrogen) atoms. The van der Waals surface area contributed by atoms with E-state index in [1.54, 1.807) is 54.6 Å². The van der Waals surface area contributed by atoms with E-state index in [-0.39, 0.29) is 5.91 Å². The van der Waals surface area contributed by atoms with E-state index in [0.29, 0.717) is 17.7 Å². The van der Waals surface area contributed by atoms with Crippen LogP contribution in [0.3, 0.4) is 0 Å². The highest BCUT2D eigenvalue weighted by Gasteiger charge is 2.37. The van der Waals surface area contributed by atoms with Gasteiger partial charge in [0.2, 0.25) is 5.91 Å². The summed E-state index contributed by atoms with van der Waals surface area (Å²) in [5, 5.41) is 13.5. The van der Waals surface area contributed by atoms with Gasteiger partial charge in [0.15, 0.2) is 5.60 Å². The Morgan fingerprint density at radius 3 is 2.09 bits per heavy atom. The second-order valence-corrected chi connectivity index (χ2v) is 5.05. The molecule has 2 aromatic carbocycles. The molecule has 0 radical (unpaired) electrons. The zero-order valence-electron chi connectivity index (χ0n) is 12.2. The van der Waals surface area contributed by atoms with E-state index in [2.05, 4.69) is 5.32 Å². The highest BCUT2D eigenvalue weighted by Crippen LogP contribution is 2.29. The van der Waals surface area contributed by atoms with Gasteiger partial charge in [-0.05, 0) is 16.7 Å². The van der Waals surface area contributed by atoms with Crippen molar-refractivity contribution in [1.82, 2.24) is 5.32 Å². The summed E-state index contributed by atoms with van der Waals surface area (Å²) >= 11 is 0. The third kappa shape index (κ3) is 3.15. The molecular weight excluding hydrogens is 280 g/mol. The SMILES string of the molecule is CC(=O)NCc1ccc(C(O)(C(N)=O)c2ccccc2)cc1. The third-order valence-electron chi connectivity index (χ3n) is 3.46. The highest BCUT2D eigenvalue weighted by molar-refractivity contribution is 5.88. The van der Waals surface area contributed by atoms with E-state index in [9.17, 15) is 14.7 Å². The molecule has 1 unspecified atom stereocenters. The van der Waals surface area contributed by atoms with Crippen molar-refractivity contribution in [3.8, 4) is 0 Å². The number of hydrogen-bond donors (Lipinski definition) is 3. The van der Waals surface area contributed by atoms with Crippen molar-refractivity contribution in [3.05, 3.63) is 71.3 Å². The highest BCUT2D eigenvalue weighted by atomic mass is 16.3. The number of benzene rings is 2. The Morgan fingerprint density at radius 1 is 1.05 bits per heavy atom. The zero-order chi connectivity index (χ0) is 16.2. The molecule has 5 nitrogen and oxygen atoms in total. The number of hydrogen-bond acceptors (Lipinski definition) is 3. The molecule has 5 heteroatoms. The smallest absolute Gasteiger partial charge is 0.258 e. The average molecular weight is 298 g/mol. The molecule has 2 amide bonds. The maximum Gasteiger partial charge on any atom is 0.258 e. The third-order valence-corrected chi connectivity index (χ3v) is 3.46. The number of carbonyl (C=O) groups is 2. The van der Waals surface area contributed by atoms with E-state index >= 15 is 0 Å². The lowest BCUT2D eigenvalue weighted by Crippen LogP contribution is -2.42. The van der Waals surface area contributed by atoms with E-state index < -0.39 is 11.5 Å². The number of nitrogens with one attached hydrogen (secondary N) is 1. The van der Waals surface area contributed by atoms with Gasteiger partial charge in [-0.3, -0.25) is 9.59 Å². The Labute approximate surface area is 128 Å². The summed E-state index contributed by atoms with van der Waals surface area (Å²) in [5.74, 6) is -0.963. The summed E-state index contributed by atoms with van der Waals surface area (Å²) in [4.78, 5) is 22.7. The van der Waals surface area contributed by atoms with E-state index in [1.807, 2.05) is 0 Å². The van der Waals surface area contributed by atoms with Crippen molar-refractivity contribution < 1.29 is 14.7 Å². The minimum atomic E-state index is -1.88. The van der Waals surface area contributed by atoms with Crippen LogP contribution in [0, 0.1) is 0 Å². The first-order chi connectivity index (χ1) is 10.4. The molecule has 4 N–H and O–H groups in total. The van der Waals surface area contributed by atoms with Gasteiger partial charge in [-0.1, -0.05) is 54.6 Å². The summed E-state index contributed by atoms with van der Waals surface area (Å²) in [7, 11) is 0. The lowest BCUT2D eigenvalue weighted by atomic mass is 9.85. The Balaban J connectivity index is 2.34. The Kier molecular flexibility index (Phi) is 4.58. The van der Waals surface area contributed by atoms with Gasteiger partial charge >= 0.3 is 0 Å². The van der Waals surface area contributed by atoms with Gasteiger partial charge in [-0.2, -0.15) is 0 Å². The van der Waals surface area contributed by atoms with Crippen LogP contribution in [0.2, 0.25) is 0 Å². The van der Waals surface area contributed by atoms with Crippen LogP contribution in [0.25, 0.3) is 0 Å². The molecule has 0 saturated heterocycles. The molecule has 0 aromatic heterocycles. The van der Waals surface area contributed by atoms with Crippen molar-refractivity contribution in [2.75, 3.05) is 0 Å². The second-order valence-electron chi connectivity index (χ2n) is 5.05. The number of aliphatic hydroxyl groups is 1. The normalized spacial score (nSPS) is 13.2. The van der Waals surface area contributed by atoms with Crippen LogP contribution in [-0.2, 0) is 21.7 Å². The fourth-order valence-electron chi connectivity index (χ4n) is 2.22. The average Bonchev–Trinajstić information content (AvgIpc) is 2.53. The number of primary amides is 1. The van der Waals surface area contributed by atoms with Gasteiger partial charge in [-0.15, -0.1) is 0 Å². The molecular formula is C17H18N2O3. The largest absolute Gasteiger partial charge is 0.372 e. The Bertz CT molecular complexity index is 668. The van der Waals surface area contributed by atoms with Gasteiger partial charge in [0.1, 0.15) is 0 Å². The molecule has 0 aliphatic heterocycles. The topological polar surface area (TPSA) is 92.4 Å². The quantitative estimate of drug-likeness (QED) is 0.770. The molecule has 0 heterocycles. The van der Waals surface area contributed by atoms with Gasteiger partial charge in [0.25, 0.3) is 5.91 Å². The molecule has 0 aliphatic rings. The van der Waals surface area contributed by atoms with Crippen molar-refractivity contribution in [1.29, 1.82) is 0 Å². The monoisotopic (exact) mass is 298 g/mol. The first-order valence-corrected chi connectivity index (χ1v) is 6.86. The van der Waals surface area contributed by atoms with Crippen LogP contribution in [0.5, 0.6) is 0 Å². The molecule has 2 rings (SSSR count). The first-order valence-electron chi connectivity index (χ1n) is 6.86. The van der Waals surface area contributed by atoms with Gasteiger partial charge in [-0.25, -0.2) is 0 Å². The molecule has 1 atom stereocenters. The molecule has 0 saturated carbocycles. The van der Waals surface area contributed by atoms with Crippen molar-refractivity contribution in [3.63, 3.8) is 0 Å². The van der Waals surface area contributed by atoms with Gasteiger partial charge in [0, 0.05) is 13.5 Å². The molecule has 0 aliphatic carbocycles. The number of amides is 2. The molecule has 2 aromatic rings. The van der Waals surface area contributed by atoms with Crippen LogP contribution >= 0.6 is 0 Å². The van der Waals surface area contributed by atoms with Crippen LogP contribution < -0.4 is 11.1 Å². The maximum atomic E-state index is 11.8. The fourth-order valence-corrected chi connectivity index (χ4v) is 2.22. The van der Waals surface area contributed by atoms with E-state index in [4.69, 9.17) is 5.73 Å². The van der Waals surface area contributed by atoms with Crippen molar-refractivity contribution in [2.24, 2.45) is 5.73 Å². The van der Waals surface area contributed by atoms with Gasteiger partial charge < -0.3 is 16.2 Å². The van der Waals surface area contributed by atoms with Crippen LogP contribution in [-0.4, -0.2) is 16.9 Å². The summed E-state index contributed by atoms with van der Waals surface area (Å²) in [5.41, 5.74) is 5.21. The summed E-state index contributed by atoms with van der Waals surface area (Å²) in [6.45, 7) is 1.82. The van der Waals surface area contributed by atoms with Crippen LogP contribution in [0.15, 0.2) is 54.6 Å². The molecule has 114 valence electrons. The summed E-state index contributed by atoms with van der Waals surface area (Å²) in [6, 6.07) is 15.3. The maximum absolute atomic E-state index is 11.8. The standard InChI is InChI=1S/C17H18N2O3/c1-12(20)19-11-13-7-9-15(10-8-13)17(22,16(18)21)14-5-3-2-4-6-14/h2-10,22H,11H2,1H3,(H2,18,21)(H,19,20). The van der Waals surface area contributed by atoms with Crippen molar-refractivity contribution >= 4 is 11.8 Å². The van der Waals surface area contributed by atoms with Crippen LogP contribution in [0.1, 0.15) is 23.6 Å². The van der Waals surface area contributed by atoms with E-state index in [0.717, 1.165) is 5.56 Å². The summed E-state index contributed by atoms with van der Waals surface area (Å²) in [6.07, 6.45) is 0. The zero-order valence-corrected chi connectivity index (χ0v) is 12.2. The Hall–Kier alpha value is -2.66. The number of rotatable bonds is 5. The predicted molar refractivity (Wildman–Crippen MR) is 82.6 cm³/mol. The predicted octanol–water partition coefficient (Wildman–Crippen LogP) is 1.04. The fraction of sp³-hybridized carbons (Fsp3) is 0.176. The first kappa shape index (κ1) is 15.7. The minimum absolute atomic E-state index is 0.123. The molecule has 0 spiro atoms.